The van der Waals surface area contributed by atoms with Crippen LogP contribution in [0.4, 0.5) is 11.5 Å². The van der Waals surface area contributed by atoms with Crippen molar-refractivity contribution in [2.75, 3.05) is 17.2 Å². The molecule has 6 nitrogen and oxygen atoms in total. The van der Waals surface area contributed by atoms with Crippen molar-refractivity contribution in [1.29, 1.82) is 0 Å². The molecule has 1 fully saturated rings. The third kappa shape index (κ3) is 4.70. The maximum atomic E-state index is 11.9. The molecule has 1 aromatic heterocycles. The lowest BCUT2D eigenvalue weighted by Crippen LogP contribution is -2.21. The SMILES string of the molecule is O=C(COC(=O)c1ccc(NC2CC2)nc1)Nc1ccc(Cl)cc1. The van der Waals surface area contributed by atoms with Gasteiger partial charge in [-0.1, -0.05) is 11.6 Å². The Morgan fingerprint density at radius 1 is 1.17 bits per heavy atom. The highest BCUT2D eigenvalue weighted by Gasteiger charge is 2.21. The fourth-order valence-electron chi connectivity index (χ4n) is 1.98. The van der Waals surface area contributed by atoms with Crippen LogP contribution in [0, 0.1) is 0 Å². The third-order valence-electron chi connectivity index (χ3n) is 3.39. The zero-order valence-corrected chi connectivity index (χ0v) is 13.5. The van der Waals surface area contributed by atoms with E-state index in [4.69, 9.17) is 16.3 Å². The van der Waals surface area contributed by atoms with E-state index in [-0.39, 0.29) is 6.61 Å². The van der Waals surface area contributed by atoms with E-state index in [9.17, 15) is 9.59 Å². The largest absolute Gasteiger partial charge is 0.452 e. The molecule has 124 valence electrons. The monoisotopic (exact) mass is 345 g/mol. The summed E-state index contributed by atoms with van der Waals surface area (Å²) in [6.45, 7) is -0.371. The van der Waals surface area contributed by atoms with E-state index in [0.717, 1.165) is 18.7 Å². The standard InChI is InChI=1S/C17H16ClN3O3/c18-12-2-4-14(5-3-12)21-16(22)10-24-17(23)11-1-8-15(19-9-11)20-13-6-7-13/h1-5,8-9,13H,6-7,10H2,(H,19,20)(H,21,22). The van der Waals surface area contributed by atoms with Crippen LogP contribution in [-0.2, 0) is 9.53 Å². The molecule has 1 aliphatic carbocycles. The second-order valence-electron chi connectivity index (χ2n) is 5.48. The first-order valence-electron chi connectivity index (χ1n) is 7.55. The van der Waals surface area contributed by atoms with Gasteiger partial charge in [0.2, 0.25) is 0 Å². The summed E-state index contributed by atoms with van der Waals surface area (Å²) >= 11 is 5.77. The first-order valence-corrected chi connectivity index (χ1v) is 7.93. The number of halogens is 1. The van der Waals surface area contributed by atoms with E-state index in [1.165, 1.54) is 6.20 Å². The Balaban J connectivity index is 1.47. The number of aromatic nitrogens is 1. The summed E-state index contributed by atoms with van der Waals surface area (Å²) in [5.74, 6) is -0.285. The molecule has 0 saturated heterocycles. The van der Waals surface area contributed by atoms with E-state index in [1.54, 1.807) is 36.4 Å². The number of nitrogens with zero attached hydrogens (tertiary/aromatic N) is 1. The molecule has 3 rings (SSSR count). The molecule has 0 atom stereocenters. The molecule has 1 heterocycles. The molecule has 1 saturated carbocycles. The average Bonchev–Trinajstić information content (AvgIpc) is 3.39. The second kappa shape index (κ2) is 7.31. The third-order valence-corrected chi connectivity index (χ3v) is 3.64. The van der Waals surface area contributed by atoms with Gasteiger partial charge in [-0.15, -0.1) is 0 Å². The van der Waals surface area contributed by atoms with Gasteiger partial charge in [0.1, 0.15) is 5.82 Å². The lowest BCUT2D eigenvalue weighted by molar-refractivity contribution is -0.119. The number of rotatable bonds is 6. The van der Waals surface area contributed by atoms with Crippen LogP contribution in [0.3, 0.4) is 0 Å². The van der Waals surface area contributed by atoms with E-state index < -0.39 is 11.9 Å². The fourth-order valence-corrected chi connectivity index (χ4v) is 2.11. The van der Waals surface area contributed by atoms with Crippen molar-refractivity contribution in [3.63, 3.8) is 0 Å². The number of nitrogens with one attached hydrogen (secondary N) is 2. The molecule has 0 bridgehead atoms. The first-order chi connectivity index (χ1) is 11.6. The van der Waals surface area contributed by atoms with Gasteiger partial charge in [-0.05, 0) is 49.2 Å². The maximum Gasteiger partial charge on any atom is 0.340 e. The summed E-state index contributed by atoms with van der Waals surface area (Å²) in [6.07, 6.45) is 3.73. The van der Waals surface area contributed by atoms with E-state index >= 15 is 0 Å². The van der Waals surface area contributed by atoms with Crippen molar-refractivity contribution < 1.29 is 14.3 Å². The summed E-state index contributed by atoms with van der Waals surface area (Å²) in [5, 5.41) is 6.42. The number of pyridine rings is 1. The molecule has 0 radical (unpaired) electrons. The van der Waals surface area contributed by atoms with Gasteiger partial charge < -0.3 is 15.4 Å². The molecule has 7 heteroatoms. The van der Waals surface area contributed by atoms with Crippen molar-refractivity contribution in [3.8, 4) is 0 Å². The average molecular weight is 346 g/mol. The number of amides is 1. The van der Waals surface area contributed by atoms with Gasteiger partial charge >= 0.3 is 5.97 Å². The van der Waals surface area contributed by atoms with Crippen molar-refractivity contribution in [1.82, 2.24) is 4.98 Å². The van der Waals surface area contributed by atoms with E-state index in [1.807, 2.05) is 0 Å². The van der Waals surface area contributed by atoms with Crippen LogP contribution in [-0.4, -0.2) is 29.5 Å². The van der Waals surface area contributed by atoms with Crippen molar-refractivity contribution in [2.45, 2.75) is 18.9 Å². The zero-order valence-electron chi connectivity index (χ0n) is 12.8. The molecule has 0 unspecified atom stereocenters. The molecule has 0 spiro atoms. The van der Waals surface area contributed by atoms with Crippen LogP contribution in [0.15, 0.2) is 42.6 Å². The topological polar surface area (TPSA) is 80.3 Å². The Morgan fingerprint density at radius 3 is 2.54 bits per heavy atom. The minimum absolute atomic E-state index is 0.302. The highest BCUT2D eigenvalue weighted by molar-refractivity contribution is 6.30. The number of esters is 1. The normalized spacial score (nSPS) is 13.2. The number of ether oxygens (including phenoxy) is 1. The lowest BCUT2D eigenvalue weighted by atomic mass is 10.3. The minimum Gasteiger partial charge on any atom is -0.452 e. The second-order valence-corrected chi connectivity index (χ2v) is 5.92. The molecule has 1 aliphatic rings. The molecule has 24 heavy (non-hydrogen) atoms. The van der Waals surface area contributed by atoms with Gasteiger partial charge in [0, 0.05) is 22.9 Å². The van der Waals surface area contributed by atoms with Crippen LogP contribution in [0.1, 0.15) is 23.2 Å². The predicted molar refractivity (Wildman–Crippen MR) is 91.2 cm³/mol. The number of hydrogen-bond donors (Lipinski definition) is 2. The van der Waals surface area contributed by atoms with Crippen LogP contribution < -0.4 is 10.6 Å². The maximum absolute atomic E-state index is 11.9. The van der Waals surface area contributed by atoms with Gasteiger partial charge in [-0.25, -0.2) is 9.78 Å². The summed E-state index contributed by atoms with van der Waals surface area (Å²) in [7, 11) is 0. The summed E-state index contributed by atoms with van der Waals surface area (Å²) < 4.78 is 4.98. The van der Waals surface area contributed by atoms with Gasteiger partial charge in [-0.3, -0.25) is 4.79 Å². The number of carbonyl (C=O) groups excluding carboxylic acids is 2. The molecular weight excluding hydrogens is 330 g/mol. The summed E-state index contributed by atoms with van der Waals surface area (Å²) in [5.41, 5.74) is 0.883. The highest BCUT2D eigenvalue weighted by atomic mass is 35.5. The highest BCUT2D eigenvalue weighted by Crippen LogP contribution is 2.23. The lowest BCUT2D eigenvalue weighted by Gasteiger charge is -2.07. The van der Waals surface area contributed by atoms with E-state index in [0.29, 0.717) is 22.3 Å². The Hall–Kier alpha value is -2.60. The van der Waals surface area contributed by atoms with Crippen molar-refractivity contribution in [2.24, 2.45) is 0 Å². The van der Waals surface area contributed by atoms with Crippen molar-refractivity contribution in [3.05, 3.63) is 53.2 Å². The first kappa shape index (κ1) is 16.3. The number of benzene rings is 1. The Morgan fingerprint density at radius 2 is 1.92 bits per heavy atom. The Kier molecular flexibility index (Phi) is 4.96. The Bertz CT molecular complexity index is 728. The number of carbonyl (C=O) groups is 2. The van der Waals surface area contributed by atoms with Crippen LogP contribution in [0.5, 0.6) is 0 Å². The van der Waals surface area contributed by atoms with Crippen molar-refractivity contribution >= 4 is 35.0 Å². The smallest absolute Gasteiger partial charge is 0.340 e. The molecule has 2 aromatic rings. The fraction of sp³-hybridized carbons (Fsp3) is 0.235. The van der Waals surface area contributed by atoms with Gasteiger partial charge in [0.25, 0.3) is 5.91 Å². The molecule has 2 N–H and O–H groups in total. The van der Waals surface area contributed by atoms with Gasteiger partial charge in [-0.2, -0.15) is 0 Å². The quantitative estimate of drug-likeness (QED) is 0.786. The molecule has 1 aromatic carbocycles. The van der Waals surface area contributed by atoms with Gasteiger partial charge in [0.05, 0.1) is 5.56 Å². The van der Waals surface area contributed by atoms with Gasteiger partial charge in [0.15, 0.2) is 6.61 Å². The summed E-state index contributed by atoms with van der Waals surface area (Å²) in [4.78, 5) is 27.8. The minimum atomic E-state index is -0.591. The van der Waals surface area contributed by atoms with Crippen LogP contribution in [0.2, 0.25) is 5.02 Å². The predicted octanol–water partition coefficient (Wildman–Crippen LogP) is 3.10. The summed E-state index contributed by atoms with van der Waals surface area (Å²) in [6, 6.07) is 10.5. The number of anilines is 2. The zero-order chi connectivity index (χ0) is 16.9. The van der Waals surface area contributed by atoms with Crippen LogP contribution in [0.25, 0.3) is 0 Å². The van der Waals surface area contributed by atoms with E-state index in [2.05, 4.69) is 15.6 Å². The Labute approximate surface area is 144 Å². The molecular formula is C17H16ClN3O3. The van der Waals surface area contributed by atoms with Crippen LogP contribution >= 0.6 is 11.6 Å². The molecule has 0 aliphatic heterocycles. The molecule has 1 amide bonds. The number of hydrogen-bond acceptors (Lipinski definition) is 5.